The summed E-state index contributed by atoms with van der Waals surface area (Å²) in [5.74, 6) is 0.517. The SMILES string of the molecule is C[C-]=NN=[C-]SCC(O)COCC.[Y]. The molecule has 0 aliphatic carbocycles. The molecule has 4 nitrogen and oxygen atoms in total. The van der Waals surface area contributed by atoms with Crippen LogP contribution in [-0.2, 0) is 37.4 Å². The average Bonchev–Trinajstić information content (AvgIpc) is 2.14. The Kier molecular flexibility index (Phi) is 16.8. The fourth-order valence-corrected chi connectivity index (χ4v) is 0.996. The maximum Gasteiger partial charge on any atom is 0.0840 e. The van der Waals surface area contributed by atoms with Gasteiger partial charge in [-0.25, -0.2) is 0 Å². The molecule has 1 unspecified atom stereocenters. The normalized spacial score (nSPS) is 13.4. The Morgan fingerprint density at radius 2 is 2.21 bits per heavy atom. The van der Waals surface area contributed by atoms with E-state index < -0.39 is 6.10 Å². The molecule has 0 rings (SSSR count). The molecule has 0 spiro atoms. The van der Waals surface area contributed by atoms with Crippen molar-refractivity contribution in [2.24, 2.45) is 10.2 Å². The van der Waals surface area contributed by atoms with Gasteiger partial charge in [0.05, 0.1) is 12.7 Å². The Bertz CT molecular complexity index is 167. The average molecular weight is 291 g/mol. The zero-order valence-corrected chi connectivity index (χ0v) is 12.1. The molecule has 0 aromatic carbocycles. The van der Waals surface area contributed by atoms with Crippen LogP contribution in [0.2, 0.25) is 0 Å². The molecule has 0 aromatic rings. The van der Waals surface area contributed by atoms with Gasteiger partial charge < -0.3 is 43.6 Å². The predicted octanol–water partition coefficient (Wildman–Crippen LogP) is 0.902. The first-order valence-electron chi connectivity index (χ1n) is 4.00. The molecule has 14 heavy (non-hydrogen) atoms. The van der Waals surface area contributed by atoms with Crippen LogP contribution in [0.5, 0.6) is 0 Å². The van der Waals surface area contributed by atoms with Crippen LogP contribution in [0.4, 0.5) is 0 Å². The zero-order valence-electron chi connectivity index (χ0n) is 8.43. The van der Waals surface area contributed by atoms with Gasteiger partial charge in [-0.1, -0.05) is 0 Å². The van der Waals surface area contributed by atoms with Gasteiger partial charge in [0.25, 0.3) is 0 Å². The third-order valence-corrected chi connectivity index (χ3v) is 1.81. The Hall–Kier alpha value is 0.714. The summed E-state index contributed by atoms with van der Waals surface area (Å²) in [6.45, 7) is 4.52. The zero-order chi connectivity index (χ0) is 9.94. The molecule has 6 heteroatoms. The third-order valence-electron chi connectivity index (χ3n) is 1.05. The number of hydrogen-bond donors (Lipinski definition) is 1. The maximum absolute atomic E-state index is 9.26. The number of aliphatic hydroxyl groups excluding tert-OH is 1. The molecule has 0 aliphatic heterocycles. The van der Waals surface area contributed by atoms with Gasteiger partial charge in [0, 0.05) is 39.3 Å². The van der Waals surface area contributed by atoms with Gasteiger partial charge in [-0.3, -0.25) is 0 Å². The topological polar surface area (TPSA) is 54.2 Å². The molecule has 0 bridgehead atoms. The second-order valence-corrected chi connectivity index (χ2v) is 2.94. The summed E-state index contributed by atoms with van der Waals surface area (Å²) in [6, 6.07) is 0. The molecular weight excluding hydrogens is 277 g/mol. The standard InChI is InChI=1S/C8H14N2O2S.Y/c1-3-9-10-7-13-6-8(11)5-12-4-2;/h8,11H,4-6H2,1-2H3;/q-2;. The largest absolute Gasteiger partial charge is 0.413 e. The van der Waals surface area contributed by atoms with E-state index >= 15 is 0 Å². The summed E-state index contributed by atoms with van der Waals surface area (Å²) in [6.07, 6.45) is 2.02. The number of nitrogens with zero attached hydrogens (tertiary/aromatic N) is 2. The van der Waals surface area contributed by atoms with Crippen molar-refractivity contribution in [1.82, 2.24) is 0 Å². The van der Waals surface area contributed by atoms with E-state index in [0.29, 0.717) is 19.0 Å². The van der Waals surface area contributed by atoms with E-state index in [1.165, 1.54) is 11.8 Å². The van der Waals surface area contributed by atoms with Crippen LogP contribution in [-0.4, -0.2) is 41.9 Å². The van der Waals surface area contributed by atoms with Gasteiger partial charge in [0.2, 0.25) is 0 Å². The second kappa shape index (κ2) is 13.7. The molecule has 0 saturated heterocycles. The van der Waals surface area contributed by atoms with Crippen molar-refractivity contribution >= 4 is 23.5 Å². The summed E-state index contributed by atoms with van der Waals surface area (Å²) in [7, 11) is 0. The van der Waals surface area contributed by atoms with Gasteiger partial charge in [-0.15, -0.1) is 0 Å². The molecule has 0 aliphatic rings. The third kappa shape index (κ3) is 12.7. The fraction of sp³-hybridized carbons (Fsp3) is 0.750. The first kappa shape index (κ1) is 17.1. The molecule has 79 valence electrons. The fourth-order valence-electron chi connectivity index (χ4n) is 0.535. The van der Waals surface area contributed by atoms with Crippen LogP contribution >= 0.6 is 11.8 Å². The molecule has 1 radical (unpaired) electrons. The van der Waals surface area contributed by atoms with Crippen molar-refractivity contribution in [2.75, 3.05) is 19.0 Å². The van der Waals surface area contributed by atoms with Gasteiger partial charge in [0.15, 0.2) is 0 Å². The van der Waals surface area contributed by atoms with Crippen molar-refractivity contribution in [2.45, 2.75) is 20.0 Å². The Morgan fingerprint density at radius 1 is 1.50 bits per heavy atom. The summed E-state index contributed by atoms with van der Waals surface area (Å²) >= 11 is 1.27. The van der Waals surface area contributed by atoms with Crippen LogP contribution in [0.1, 0.15) is 13.8 Å². The number of hydrogen-bond acceptors (Lipinski definition) is 5. The van der Waals surface area contributed by atoms with Gasteiger partial charge in [-0.05, 0) is 12.7 Å². The molecule has 1 atom stereocenters. The molecule has 1 N–H and O–H groups in total. The molecule has 0 amide bonds. The minimum absolute atomic E-state index is 0. The molecule has 0 fully saturated rings. The summed E-state index contributed by atoms with van der Waals surface area (Å²) in [5.41, 5.74) is 2.59. The van der Waals surface area contributed by atoms with Crippen molar-refractivity contribution in [3.63, 3.8) is 0 Å². The smallest absolute Gasteiger partial charge is 0.0840 e. The van der Waals surface area contributed by atoms with Crippen molar-refractivity contribution in [3.8, 4) is 0 Å². The van der Waals surface area contributed by atoms with Crippen LogP contribution in [0, 0.1) is 0 Å². The molecule has 0 saturated carbocycles. The molecule has 0 aromatic heterocycles. The van der Waals surface area contributed by atoms with Crippen LogP contribution in [0.15, 0.2) is 10.2 Å². The van der Waals surface area contributed by atoms with Gasteiger partial charge in [-0.2, -0.15) is 6.92 Å². The van der Waals surface area contributed by atoms with Crippen molar-refractivity contribution in [3.05, 3.63) is 0 Å². The van der Waals surface area contributed by atoms with E-state index in [1.807, 2.05) is 6.92 Å². The quantitative estimate of drug-likeness (QED) is 0.328. The van der Waals surface area contributed by atoms with Crippen molar-refractivity contribution < 1.29 is 42.6 Å². The van der Waals surface area contributed by atoms with E-state index in [-0.39, 0.29) is 32.7 Å². The van der Waals surface area contributed by atoms with E-state index in [2.05, 4.69) is 22.0 Å². The first-order chi connectivity index (χ1) is 6.31. The minimum Gasteiger partial charge on any atom is -0.413 e. The monoisotopic (exact) mass is 291 g/mol. The van der Waals surface area contributed by atoms with Crippen molar-refractivity contribution in [1.29, 1.82) is 0 Å². The summed E-state index contributed by atoms with van der Waals surface area (Å²) in [4.78, 5) is 0. The van der Waals surface area contributed by atoms with Gasteiger partial charge in [0.1, 0.15) is 0 Å². The summed E-state index contributed by atoms with van der Waals surface area (Å²) < 4.78 is 5.02. The number of thioether (sulfide) groups is 1. The van der Waals surface area contributed by atoms with Gasteiger partial charge >= 0.3 is 0 Å². The Labute approximate surface area is 114 Å². The van der Waals surface area contributed by atoms with E-state index in [1.54, 1.807) is 6.92 Å². The first-order valence-corrected chi connectivity index (χ1v) is 4.98. The number of ether oxygens (including phenoxy) is 1. The number of aliphatic hydroxyl groups is 1. The molecular formula is C8H14N2O2SY-2. The Balaban J connectivity index is 0. The van der Waals surface area contributed by atoms with Crippen LogP contribution < -0.4 is 0 Å². The van der Waals surface area contributed by atoms with E-state index in [9.17, 15) is 5.11 Å². The van der Waals surface area contributed by atoms with E-state index in [4.69, 9.17) is 4.74 Å². The van der Waals surface area contributed by atoms with Crippen LogP contribution in [0.3, 0.4) is 0 Å². The van der Waals surface area contributed by atoms with Crippen LogP contribution in [0.25, 0.3) is 0 Å². The Morgan fingerprint density at radius 3 is 2.79 bits per heavy atom. The molecule has 0 heterocycles. The van der Waals surface area contributed by atoms with E-state index in [0.717, 1.165) is 0 Å². The number of rotatable bonds is 7. The predicted molar refractivity (Wildman–Crippen MR) is 55.5 cm³/mol. The second-order valence-electron chi connectivity index (χ2n) is 2.14. The summed E-state index contributed by atoms with van der Waals surface area (Å²) in [5, 5.41) is 16.2. The maximum atomic E-state index is 9.26. The minimum atomic E-state index is -0.470.